The second-order valence-corrected chi connectivity index (χ2v) is 4.83. The monoisotopic (exact) mass is 268 g/mol. The van der Waals surface area contributed by atoms with Gasteiger partial charge in [-0.3, -0.25) is 4.79 Å². The molecule has 0 fully saturated rings. The third kappa shape index (κ3) is 2.61. The van der Waals surface area contributed by atoms with Crippen molar-refractivity contribution in [3.8, 4) is 5.69 Å². The summed E-state index contributed by atoms with van der Waals surface area (Å²) in [5.74, 6) is 0.130. The number of para-hydroxylation sites is 2. The lowest BCUT2D eigenvalue weighted by Gasteiger charge is -2.18. The highest BCUT2D eigenvalue weighted by atomic mass is 16.1. The molecule has 102 valence electrons. The first kappa shape index (κ1) is 12.6. The van der Waals surface area contributed by atoms with E-state index in [1.165, 1.54) is 6.33 Å². The van der Waals surface area contributed by atoms with Crippen molar-refractivity contribution in [2.45, 2.75) is 19.3 Å². The van der Waals surface area contributed by atoms with Crippen LogP contribution in [0.2, 0.25) is 0 Å². The van der Waals surface area contributed by atoms with Gasteiger partial charge in [-0.05, 0) is 31.4 Å². The summed E-state index contributed by atoms with van der Waals surface area (Å²) < 4.78 is 1.65. The zero-order chi connectivity index (χ0) is 13.8. The predicted octanol–water partition coefficient (Wildman–Crippen LogP) is 2.56. The molecule has 1 aliphatic carbocycles. The number of rotatable bonds is 3. The van der Waals surface area contributed by atoms with Gasteiger partial charge in [0.1, 0.15) is 12.7 Å². The molecule has 2 aromatic rings. The molecule has 0 spiro atoms. The van der Waals surface area contributed by atoms with E-state index in [0.29, 0.717) is 0 Å². The summed E-state index contributed by atoms with van der Waals surface area (Å²) in [6.45, 7) is 0. The Labute approximate surface area is 117 Å². The third-order valence-corrected chi connectivity index (χ3v) is 3.47. The molecule has 0 aliphatic heterocycles. The fourth-order valence-electron chi connectivity index (χ4n) is 2.38. The molecule has 3 rings (SSSR count). The highest BCUT2D eigenvalue weighted by Gasteiger charge is 2.19. The van der Waals surface area contributed by atoms with Crippen molar-refractivity contribution in [1.82, 2.24) is 14.8 Å². The van der Waals surface area contributed by atoms with Crippen molar-refractivity contribution < 1.29 is 4.79 Å². The fraction of sp³-hybridized carbons (Fsp3) is 0.267. The predicted molar refractivity (Wildman–Crippen MR) is 76.5 cm³/mol. The van der Waals surface area contributed by atoms with Gasteiger partial charge < -0.3 is 5.32 Å². The number of amides is 1. The first-order chi connectivity index (χ1) is 9.84. The van der Waals surface area contributed by atoms with Gasteiger partial charge >= 0.3 is 0 Å². The zero-order valence-electron chi connectivity index (χ0n) is 11.1. The number of hydrogen-bond donors (Lipinski definition) is 1. The van der Waals surface area contributed by atoms with Crippen LogP contribution in [0.4, 0.5) is 5.69 Å². The van der Waals surface area contributed by atoms with Crippen molar-refractivity contribution in [2.75, 3.05) is 5.32 Å². The lowest BCUT2D eigenvalue weighted by atomic mass is 9.93. The number of aromatic nitrogens is 3. The second kappa shape index (κ2) is 5.69. The van der Waals surface area contributed by atoms with Crippen LogP contribution in [0.25, 0.3) is 5.69 Å². The molecule has 0 radical (unpaired) electrons. The van der Waals surface area contributed by atoms with Crippen LogP contribution in [-0.4, -0.2) is 20.7 Å². The van der Waals surface area contributed by atoms with Crippen LogP contribution in [0.15, 0.2) is 49.1 Å². The molecule has 1 N–H and O–H groups in total. The number of carbonyl (C=O) groups is 1. The summed E-state index contributed by atoms with van der Waals surface area (Å²) in [5, 5.41) is 7.12. The highest BCUT2D eigenvalue weighted by Crippen LogP contribution is 2.23. The number of nitrogens with zero attached hydrogens (tertiary/aromatic N) is 3. The van der Waals surface area contributed by atoms with Gasteiger partial charge in [-0.1, -0.05) is 24.3 Å². The maximum atomic E-state index is 12.3. The van der Waals surface area contributed by atoms with Crippen LogP contribution in [0.3, 0.4) is 0 Å². The van der Waals surface area contributed by atoms with Gasteiger partial charge in [0.05, 0.1) is 11.4 Å². The molecular weight excluding hydrogens is 252 g/mol. The number of benzene rings is 1. The maximum absolute atomic E-state index is 12.3. The van der Waals surface area contributed by atoms with Gasteiger partial charge in [0.15, 0.2) is 0 Å². The number of allylic oxidation sites excluding steroid dienone is 2. The Morgan fingerprint density at radius 3 is 2.95 bits per heavy atom. The number of hydrogen-bond acceptors (Lipinski definition) is 3. The van der Waals surface area contributed by atoms with E-state index in [-0.39, 0.29) is 11.8 Å². The van der Waals surface area contributed by atoms with E-state index in [0.717, 1.165) is 30.6 Å². The SMILES string of the molecule is O=C(Nc1ccccc1-n1cncn1)C1CC=CCC1. The molecular formula is C15H16N4O. The Bertz CT molecular complexity index is 619. The third-order valence-electron chi connectivity index (χ3n) is 3.47. The van der Waals surface area contributed by atoms with Crippen LogP contribution in [-0.2, 0) is 4.79 Å². The van der Waals surface area contributed by atoms with Crippen LogP contribution in [0.1, 0.15) is 19.3 Å². The minimum Gasteiger partial charge on any atom is -0.324 e. The Hall–Kier alpha value is -2.43. The normalized spacial score (nSPS) is 17.9. The van der Waals surface area contributed by atoms with Crippen molar-refractivity contribution in [3.63, 3.8) is 0 Å². The zero-order valence-corrected chi connectivity index (χ0v) is 11.1. The second-order valence-electron chi connectivity index (χ2n) is 4.83. The number of nitrogens with one attached hydrogen (secondary N) is 1. The van der Waals surface area contributed by atoms with Gasteiger partial charge in [0, 0.05) is 5.92 Å². The van der Waals surface area contributed by atoms with Crippen molar-refractivity contribution in [2.24, 2.45) is 5.92 Å². The first-order valence-electron chi connectivity index (χ1n) is 6.74. The Morgan fingerprint density at radius 2 is 2.20 bits per heavy atom. The van der Waals surface area contributed by atoms with Crippen molar-refractivity contribution >= 4 is 11.6 Å². The maximum Gasteiger partial charge on any atom is 0.227 e. The summed E-state index contributed by atoms with van der Waals surface area (Å²) in [6, 6.07) is 7.60. The molecule has 5 heteroatoms. The van der Waals surface area contributed by atoms with Crippen molar-refractivity contribution in [3.05, 3.63) is 49.1 Å². The lowest BCUT2D eigenvalue weighted by Crippen LogP contribution is -2.24. The van der Waals surface area contributed by atoms with E-state index >= 15 is 0 Å². The summed E-state index contributed by atoms with van der Waals surface area (Å²) in [5.41, 5.74) is 1.59. The summed E-state index contributed by atoms with van der Waals surface area (Å²) >= 11 is 0. The van der Waals surface area contributed by atoms with Gasteiger partial charge in [-0.15, -0.1) is 0 Å². The Kier molecular flexibility index (Phi) is 3.58. The molecule has 1 aromatic heterocycles. The van der Waals surface area contributed by atoms with E-state index in [1.807, 2.05) is 24.3 Å². The molecule has 1 aliphatic rings. The molecule has 1 aromatic carbocycles. The average molecular weight is 268 g/mol. The van der Waals surface area contributed by atoms with Crippen LogP contribution in [0.5, 0.6) is 0 Å². The summed E-state index contributed by atoms with van der Waals surface area (Å²) in [4.78, 5) is 16.2. The fourth-order valence-corrected chi connectivity index (χ4v) is 2.38. The van der Waals surface area contributed by atoms with Crippen LogP contribution < -0.4 is 5.32 Å². The van der Waals surface area contributed by atoms with E-state index in [9.17, 15) is 4.79 Å². The molecule has 1 unspecified atom stereocenters. The molecule has 5 nitrogen and oxygen atoms in total. The van der Waals surface area contributed by atoms with E-state index in [2.05, 4.69) is 27.6 Å². The minimum atomic E-state index is 0.0591. The smallest absolute Gasteiger partial charge is 0.227 e. The van der Waals surface area contributed by atoms with Crippen molar-refractivity contribution in [1.29, 1.82) is 0 Å². The van der Waals surface area contributed by atoms with Crippen LogP contribution in [0, 0.1) is 5.92 Å². The average Bonchev–Trinajstić information content (AvgIpc) is 3.03. The van der Waals surface area contributed by atoms with Gasteiger partial charge in [-0.25, -0.2) is 9.67 Å². The number of carbonyl (C=O) groups excluding carboxylic acids is 1. The van der Waals surface area contributed by atoms with Gasteiger partial charge in [0.2, 0.25) is 5.91 Å². The van der Waals surface area contributed by atoms with E-state index < -0.39 is 0 Å². The Morgan fingerprint density at radius 1 is 1.30 bits per heavy atom. The largest absolute Gasteiger partial charge is 0.324 e. The quantitative estimate of drug-likeness (QED) is 0.870. The topological polar surface area (TPSA) is 59.8 Å². The minimum absolute atomic E-state index is 0.0591. The van der Waals surface area contributed by atoms with Gasteiger partial charge in [-0.2, -0.15) is 5.10 Å². The molecule has 20 heavy (non-hydrogen) atoms. The standard InChI is InChI=1S/C15H16N4O/c20-15(12-6-2-1-3-7-12)18-13-8-4-5-9-14(13)19-11-16-10-17-19/h1-2,4-5,8-12H,3,6-7H2,(H,18,20). The summed E-state index contributed by atoms with van der Waals surface area (Å²) in [6.07, 6.45) is 10.0. The van der Waals surface area contributed by atoms with E-state index in [1.54, 1.807) is 11.0 Å². The number of anilines is 1. The molecule has 0 saturated carbocycles. The molecule has 1 amide bonds. The lowest BCUT2D eigenvalue weighted by molar-refractivity contribution is -0.120. The first-order valence-corrected chi connectivity index (χ1v) is 6.74. The molecule has 0 bridgehead atoms. The Balaban J connectivity index is 1.81. The van der Waals surface area contributed by atoms with Crippen LogP contribution >= 0.6 is 0 Å². The van der Waals surface area contributed by atoms with E-state index in [4.69, 9.17) is 0 Å². The van der Waals surface area contributed by atoms with Gasteiger partial charge in [0.25, 0.3) is 0 Å². The molecule has 1 atom stereocenters. The summed E-state index contributed by atoms with van der Waals surface area (Å²) in [7, 11) is 0. The molecule has 1 heterocycles. The molecule has 0 saturated heterocycles. The highest BCUT2D eigenvalue weighted by molar-refractivity contribution is 5.94.